The van der Waals surface area contributed by atoms with Crippen LogP contribution in [0.5, 0.6) is 0 Å². The van der Waals surface area contributed by atoms with Gasteiger partial charge in [0.2, 0.25) is 0 Å². The molecule has 5 aliphatic rings. The lowest BCUT2D eigenvalue weighted by Crippen LogP contribution is -2.53. The predicted octanol–water partition coefficient (Wildman–Crippen LogP) is 6.10. The van der Waals surface area contributed by atoms with Gasteiger partial charge in [0.05, 0.1) is 22.9 Å². The van der Waals surface area contributed by atoms with Crippen LogP contribution in [-0.4, -0.2) is 21.4 Å². The molecule has 3 nitrogen and oxygen atoms in total. The van der Waals surface area contributed by atoms with Gasteiger partial charge in [0.1, 0.15) is 0 Å². The van der Waals surface area contributed by atoms with Gasteiger partial charge in [-0.15, -0.1) is 0 Å². The smallest absolute Gasteiger partial charge is 0.0980 e. The van der Waals surface area contributed by atoms with Crippen LogP contribution in [0.4, 0.5) is 0 Å². The van der Waals surface area contributed by atoms with Crippen molar-refractivity contribution in [2.75, 3.05) is 0 Å². The lowest BCUT2D eigenvalue weighted by Gasteiger charge is -2.53. The number of ether oxygens (including phenoxy) is 1. The maximum atomic E-state index is 7.22. The van der Waals surface area contributed by atoms with Crippen LogP contribution in [0.2, 0.25) is 0 Å². The Labute approximate surface area is 171 Å². The summed E-state index contributed by atoms with van der Waals surface area (Å²) in [6, 6.07) is 6.77. The van der Waals surface area contributed by atoms with Crippen LogP contribution in [0, 0.1) is 11.3 Å². The van der Waals surface area contributed by atoms with Crippen molar-refractivity contribution in [3.8, 4) is 0 Å². The van der Waals surface area contributed by atoms with Gasteiger partial charge in [0.25, 0.3) is 0 Å². The molecule has 1 N–H and O–H groups in total. The third-order valence-electron chi connectivity index (χ3n) is 8.96. The second-order valence-electron chi connectivity index (χ2n) is 10.2. The summed E-state index contributed by atoms with van der Waals surface area (Å²) in [5, 5.41) is 8.54. The quantitative estimate of drug-likeness (QED) is 0.644. The zero-order valence-corrected chi connectivity index (χ0v) is 17.1. The van der Waals surface area contributed by atoms with Crippen molar-refractivity contribution in [1.82, 2.24) is 10.2 Å². The van der Waals surface area contributed by atoms with Gasteiger partial charge in [-0.1, -0.05) is 37.3 Å². The third-order valence-corrected chi connectivity index (χ3v) is 8.96. The van der Waals surface area contributed by atoms with Crippen molar-refractivity contribution in [1.29, 1.82) is 0 Å². The van der Waals surface area contributed by atoms with Crippen LogP contribution < -0.4 is 0 Å². The summed E-state index contributed by atoms with van der Waals surface area (Å²) in [6.45, 7) is 2.49. The number of allylic oxidation sites excluding steroid dienone is 3. The zero-order chi connectivity index (χ0) is 19.3. The molecule has 3 heteroatoms. The van der Waals surface area contributed by atoms with E-state index in [1.165, 1.54) is 60.6 Å². The molecule has 1 aromatic carbocycles. The molecule has 3 heterocycles. The van der Waals surface area contributed by atoms with Crippen LogP contribution >= 0.6 is 0 Å². The highest BCUT2D eigenvalue weighted by Crippen LogP contribution is 2.67. The van der Waals surface area contributed by atoms with Gasteiger partial charge < -0.3 is 4.74 Å². The highest BCUT2D eigenvalue weighted by Gasteiger charge is 2.64. The lowest BCUT2D eigenvalue weighted by atomic mass is 9.58. The van der Waals surface area contributed by atoms with Crippen LogP contribution in [-0.2, 0) is 4.74 Å². The molecule has 0 amide bonds. The first-order valence-electron chi connectivity index (χ1n) is 11.4. The number of hydrogen-bond acceptors (Lipinski definition) is 2. The Kier molecular flexibility index (Phi) is 3.05. The normalized spacial score (nSPS) is 40.0. The van der Waals surface area contributed by atoms with Gasteiger partial charge >= 0.3 is 0 Å². The van der Waals surface area contributed by atoms with Crippen molar-refractivity contribution in [2.45, 2.75) is 69.5 Å². The van der Waals surface area contributed by atoms with Crippen LogP contribution in [0.25, 0.3) is 16.5 Å². The van der Waals surface area contributed by atoms with Gasteiger partial charge in [-0.25, -0.2) is 0 Å². The molecule has 0 unspecified atom stereocenters. The number of H-pyrrole nitrogens is 1. The molecular weight excluding hydrogens is 356 g/mol. The van der Waals surface area contributed by atoms with E-state index in [4.69, 9.17) is 4.74 Å². The van der Waals surface area contributed by atoms with Crippen LogP contribution in [0.3, 0.4) is 0 Å². The molecule has 7 rings (SSSR count). The average molecular weight is 385 g/mol. The van der Waals surface area contributed by atoms with E-state index in [1.54, 1.807) is 5.57 Å². The topological polar surface area (TPSA) is 37.9 Å². The summed E-state index contributed by atoms with van der Waals surface area (Å²) in [4.78, 5) is 0. The highest BCUT2D eigenvalue weighted by molar-refractivity contribution is 5.84. The Hall–Kier alpha value is -2.13. The molecule has 0 radical (unpaired) electrons. The molecule has 29 heavy (non-hydrogen) atoms. The Morgan fingerprint density at radius 1 is 1.14 bits per heavy atom. The third kappa shape index (κ3) is 1.95. The Balaban J connectivity index is 1.34. The maximum absolute atomic E-state index is 7.22. The van der Waals surface area contributed by atoms with E-state index in [9.17, 15) is 0 Å². The van der Waals surface area contributed by atoms with Crippen molar-refractivity contribution >= 4 is 16.5 Å². The zero-order valence-electron chi connectivity index (χ0n) is 17.1. The number of nitrogens with one attached hydrogen (secondary N) is 1. The van der Waals surface area contributed by atoms with Crippen molar-refractivity contribution < 1.29 is 4.74 Å². The number of rotatable bonds is 1. The molecule has 148 valence electrons. The fraction of sp³-hybridized carbons (Fsp3) is 0.500. The van der Waals surface area contributed by atoms with Gasteiger partial charge in [-0.05, 0) is 79.7 Å². The minimum Gasteiger partial charge on any atom is -0.359 e. The van der Waals surface area contributed by atoms with Gasteiger partial charge in [0.15, 0.2) is 0 Å². The first-order chi connectivity index (χ1) is 14.1. The van der Waals surface area contributed by atoms with E-state index < -0.39 is 0 Å². The van der Waals surface area contributed by atoms with Crippen molar-refractivity contribution in [3.05, 3.63) is 59.3 Å². The van der Waals surface area contributed by atoms with E-state index in [2.05, 4.69) is 53.5 Å². The van der Waals surface area contributed by atoms with Crippen molar-refractivity contribution in [2.24, 2.45) is 11.3 Å². The minimum absolute atomic E-state index is 0.0609. The molecule has 1 saturated carbocycles. The summed E-state index contributed by atoms with van der Waals surface area (Å²) < 4.78 is 7.22. The maximum Gasteiger partial charge on any atom is 0.0980 e. The van der Waals surface area contributed by atoms with E-state index in [0.717, 1.165) is 18.4 Å². The standard InChI is InChI=1S/C26H28N2O/c1-24-11-9-20-15-19-4-2-3-10-25(19)12-13-26(20,29-25)23(24)8-7-21(24)17-5-6-18-16-27-28-22(18)14-17/h5-7,9,14-16,23H,2-4,8,10-13H2,1H3,(H,27,28)/t23-,24-,25+,26-/m1/s1. The molecule has 1 aromatic heterocycles. The fourth-order valence-electron chi connectivity index (χ4n) is 7.50. The molecule has 3 aliphatic carbocycles. The Bertz CT molecular complexity index is 1140. The largest absolute Gasteiger partial charge is 0.359 e. The summed E-state index contributed by atoms with van der Waals surface area (Å²) in [5.41, 5.74) is 7.22. The second-order valence-corrected chi connectivity index (χ2v) is 10.2. The predicted molar refractivity (Wildman–Crippen MR) is 115 cm³/mol. The van der Waals surface area contributed by atoms with Crippen LogP contribution in [0.1, 0.15) is 63.9 Å². The second kappa shape index (κ2) is 5.31. The van der Waals surface area contributed by atoms with Gasteiger partial charge in [-0.3, -0.25) is 5.10 Å². The van der Waals surface area contributed by atoms with E-state index in [-0.39, 0.29) is 16.6 Å². The molecule has 2 aromatic rings. The SMILES string of the molecule is C[C@]12CC=C3C=C4CCCC[C@]45CC[C@]3(O5)[C@@H]1CC=C2c1ccc2cn[nH]c2c1. The number of benzene rings is 1. The average Bonchev–Trinajstić information content (AvgIpc) is 3.41. The number of hydrogen-bond donors (Lipinski definition) is 1. The molecule has 2 bridgehead atoms. The van der Waals surface area contributed by atoms with E-state index in [1.807, 2.05) is 6.20 Å². The minimum atomic E-state index is -0.0653. The number of aromatic amines is 1. The summed E-state index contributed by atoms with van der Waals surface area (Å²) in [7, 11) is 0. The summed E-state index contributed by atoms with van der Waals surface area (Å²) >= 11 is 0. The lowest BCUT2D eigenvalue weighted by molar-refractivity contribution is -0.127. The summed E-state index contributed by atoms with van der Waals surface area (Å²) in [6.07, 6.45) is 19.3. The first-order valence-corrected chi connectivity index (χ1v) is 11.4. The highest BCUT2D eigenvalue weighted by atomic mass is 16.5. The Morgan fingerprint density at radius 2 is 2.10 bits per heavy atom. The van der Waals surface area contributed by atoms with E-state index >= 15 is 0 Å². The number of fused-ring (bicyclic) bond motifs is 2. The molecular formula is C26H28N2O. The molecule has 2 fully saturated rings. The fourth-order valence-corrected chi connectivity index (χ4v) is 7.50. The first kappa shape index (κ1) is 16.6. The Morgan fingerprint density at radius 3 is 3.07 bits per heavy atom. The van der Waals surface area contributed by atoms with Gasteiger partial charge in [-0.2, -0.15) is 5.10 Å². The molecule has 1 saturated heterocycles. The summed E-state index contributed by atoms with van der Waals surface area (Å²) in [5.74, 6) is 0.543. The van der Waals surface area contributed by atoms with E-state index in [0.29, 0.717) is 5.92 Å². The molecule has 4 atom stereocenters. The van der Waals surface area contributed by atoms with Gasteiger partial charge in [0, 0.05) is 16.7 Å². The number of nitrogens with zero attached hydrogens (tertiary/aromatic N) is 1. The molecule has 2 spiro atoms. The molecule has 2 aliphatic heterocycles. The van der Waals surface area contributed by atoms with Crippen molar-refractivity contribution in [3.63, 3.8) is 0 Å². The number of aromatic nitrogens is 2. The monoisotopic (exact) mass is 384 g/mol. The van der Waals surface area contributed by atoms with Crippen LogP contribution in [0.15, 0.2) is 53.8 Å².